The van der Waals surface area contributed by atoms with E-state index in [-0.39, 0.29) is 12.7 Å². The monoisotopic (exact) mass is 301 g/mol. The van der Waals surface area contributed by atoms with Gasteiger partial charge in [0.1, 0.15) is 12.7 Å². The number of carbonyl (C=O) groups is 1. The summed E-state index contributed by atoms with van der Waals surface area (Å²) in [6, 6.07) is 19.5. The van der Waals surface area contributed by atoms with Crippen LogP contribution >= 0.6 is 0 Å². The zero-order chi connectivity index (χ0) is 16.4. The molecule has 0 aliphatic rings. The number of ether oxygens (including phenoxy) is 1. The number of nitrogens with two attached hydrogens (primary N) is 1. The third-order valence-corrected chi connectivity index (χ3v) is 2.58. The van der Waals surface area contributed by atoms with Crippen molar-refractivity contribution in [2.45, 2.75) is 26.0 Å². The van der Waals surface area contributed by atoms with E-state index < -0.39 is 5.97 Å². The molecule has 0 spiro atoms. The first-order valence-corrected chi connectivity index (χ1v) is 7.19. The molecule has 4 nitrogen and oxygen atoms in total. The summed E-state index contributed by atoms with van der Waals surface area (Å²) in [5.74, 6) is -0.966. The molecule has 0 radical (unpaired) electrons. The Morgan fingerprint density at radius 1 is 1.00 bits per heavy atom. The van der Waals surface area contributed by atoms with Crippen molar-refractivity contribution in [3.05, 3.63) is 71.8 Å². The Hall–Kier alpha value is -2.17. The lowest BCUT2D eigenvalue weighted by molar-refractivity contribution is -0.143. The molecular weight excluding hydrogens is 278 g/mol. The van der Waals surface area contributed by atoms with Gasteiger partial charge in [0, 0.05) is 0 Å². The molecule has 3 N–H and O–H groups in total. The molecule has 0 heterocycles. The van der Waals surface area contributed by atoms with Gasteiger partial charge in [-0.25, -0.2) is 4.79 Å². The molecule has 0 saturated heterocycles. The number of carboxylic acids is 1. The zero-order valence-electron chi connectivity index (χ0n) is 13.0. The second kappa shape index (κ2) is 9.71. The molecule has 0 bridgehead atoms. The van der Waals surface area contributed by atoms with Crippen LogP contribution in [0.1, 0.15) is 31.1 Å². The van der Waals surface area contributed by atoms with Crippen LogP contribution in [0.3, 0.4) is 0 Å². The molecule has 2 aromatic carbocycles. The molecule has 0 aliphatic carbocycles. The first-order chi connectivity index (χ1) is 10.5. The highest BCUT2D eigenvalue weighted by atomic mass is 16.5. The van der Waals surface area contributed by atoms with E-state index in [1.54, 1.807) is 0 Å². The van der Waals surface area contributed by atoms with Crippen molar-refractivity contribution in [3.63, 3.8) is 0 Å². The fourth-order valence-electron chi connectivity index (χ4n) is 1.80. The standard InChI is InChI=1S/C15H14O3.C3H9N/c16-14(17)11-18-15(12-7-3-1-4-8-12)13-9-5-2-6-10-13;1-3(2)4/h1-10,15H,11H2,(H,16,17);3H,4H2,1-2H3. The third-order valence-electron chi connectivity index (χ3n) is 2.58. The molecule has 118 valence electrons. The quantitative estimate of drug-likeness (QED) is 0.889. The van der Waals surface area contributed by atoms with Crippen molar-refractivity contribution in [2.75, 3.05) is 6.61 Å². The van der Waals surface area contributed by atoms with Gasteiger partial charge in [0.05, 0.1) is 0 Å². The van der Waals surface area contributed by atoms with Crippen LogP contribution in [-0.4, -0.2) is 23.7 Å². The summed E-state index contributed by atoms with van der Waals surface area (Å²) >= 11 is 0. The third kappa shape index (κ3) is 7.02. The van der Waals surface area contributed by atoms with Crippen molar-refractivity contribution in [3.8, 4) is 0 Å². The lowest BCUT2D eigenvalue weighted by atomic mass is 10.0. The van der Waals surface area contributed by atoms with E-state index in [2.05, 4.69) is 0 Å². The van der Waals surface area contributed by atoms with Gasteiger partial charge in [-0.3, -0.25) is 0 Å². The van der Waals surface area contributed by atoms with Crippen LogP contribution in [-0.2, 0) is 9.53 Å². The highest BCUT2D eigenvalue weighted by Crippen LogP contribution is 2.25. The molecular formula is C18H23NO3. The number of benzene rings is 2. The number of aliphatic carboxylic acids is 1. The van der Waals surface area contributed by atoms with E-state index in [1.807, 2.05) is 74.5 Å². The molecule has 0 fully saturated rings. The molecule has 22 heavy (non-hydrogen) atoms. The minimum Gasteiger partial charge on any atom is -0.480 e. The first kappa shape index (κ1) is 17.9. The molecule has 2 rings (SSSR count). The van der Waals surface area contributed by atoms with Gasteiger partial charge in [0.25, 0.3) is 0 Å². The normalized spacial score (nSPS) is 10.2. The minimum atomic E-state index is -0.966. The summed E-state index contributed by atoms with van der Waals surface area (Å²) in [7, 11) is 0. The summed E-state index contributed by atoms with van der Waals surface area (Å²) < 4.78 is 5.48. The zero-order valence-corrected chi connectivity index (χ0v) is 13.0. The van der Waals surface area contributed by atoms with Gasteiger partial charge in [-0.15, -0.1) is 0 Å². The van der Waals surface area contributed by atoms with Crippen LogP contribution < -0.4 is 5.73 Å². The fraction of sp³-hybridized carbons (Fsp3) is 0.278. The van der Waals surface area contributed by atoms with Crippen LogP contribution in [0.2, 0.25) is 0 Å². The van der Waals surface area contributed by atoms with Gasteiger partial charge in [-0.2, -0.15) is 0 Å². The van der Waals surface area contributed by atoms with Crippen molar-refractivity contribution < 1.29 is 14.6 Å². The molecule has 0 saturated carbocycles. The summed E-state index contributed by atoms with van der Waals surface area (Å²) in [5.41, 5.74) is 7.01. The maximum Gasteiger partial charge on any atom is 0.329 e. The van der Waals surface area contributed by atoms with E-state index in [9.17, 15) is 4.79 Å². The topological polar surface area (TPSA) is 72.6 Å². The predicted molar refractivity (Wildman–Crippen MR) is 87.6 cm³/mol. The second-order valence-corrected chi connectivity index (χ2v) is 5.15. The Labute approximate surface area is 131 Å². The van der Waals surface area contributed by atoms with Gasteiger partial charge in [0.2, 0.25) is 0 Å². The Kier molecular flexibility index (Phi) is 7.89. The number of hydrogen-bond acceptors (Lipinski definition) is 3. The van der Waals surface area contributed by atoms with Crippen molar-refractivity contribution in [1.29, 1.82) is 0 Å². The lowest BCUT2D eigenvalue weighted by Crippen LogP contribution is -2.13. The van der Waals surface area contributed by atoms with E-state index in [0.717, 1.165) is 11.1 Å². The Morgan fingerprint density at radius 2 is 1.36 bits per heavy atom. The average Bonchev–Trinajstić information content (AvgIpc) is 2.49. The van der Waals surface area contributed by atoms with E-state index in [4.69, 9.17) is 15.6 Å². The highest BCUT2D eigenvalue weighted by Gasteiger charge is 2.15. The SMILES string of the molecule is CC(C)N.O=C(O)COC(c1ccccc1)c1ccccc1. The van der Waals surface area contributed by atoms with Crippen LogP contribution in [0.25, 0.3) is 0 Å². The Balaban J connectivity index is 0.000000541. The van der Waals surface area contributed by atoms with Crippen molar-refractivity contribution in [2.24, 2.45) is 5.73 Å². The fourth-order valence-corrected chi connectivity index (χ4v) is 1.80. The maximum atomic E-state index is 10.6. The van der Waals surface area contributed by atoms with Crippen molar-refractivity contribution >= 4 is 5.97 Å². The molecule has 0 unspecified atom stereocenters. The number of carboxylic acid groups (broad SMARTS) is 1. The molecule has 4 heteroatoms. The van der Waals surface area contributed by atoms with Gasteiger partial charge >= 0.3 is 5.97 Å². The van der Waals surface area contributed by atoms with E-state index in [1.165, 1.54) is 0 Å². The highest BCUT2D eigenvalue weighted by molar-refractivity contribution is 5.68. The molecule has 0 amide bonds. The van der Waals surface area contributed by atoms with Gasteiger partial charge < -0.3 is 15.6 Å². The second-order valence-electron chi connectivity index (χ2n) is 5.15. The van der Waals surface area contributed by atoms with Crippen LogP contribution in [0.4, 0.5) is 0 Å². The number of rotatable bonds is 5. The first-order valence-electron chi connectivity index (χ1n) is 7.19. The summed E-state index contributed by atoms with van der Waals surface area (Å²) in [4.78, 5) is 10.6. The van der Waals surface area contributed by atoms with Gasteiger partial charge in [-0.05, 0) is 17.2 Å². The van der Waals surface area contributed by atoms with Crippen LogP contribution in [0.15, 0.2) is 60.7 Å². The maximum absolute atomic E-state index is 10.6. The number of hydrogen-bond donors (Lipinski definition) is 2. The average molecular weight is 301 g/mol. The van der Waals surface area contributed by atoms with Crippen LogP contribution in [0.5, 0.6) is 0 Å². The van der Waals surface area contributed by atoms with Gasteiger partial charge in [0.15, 0.2) is 0 Å². The minimum absolute atomic E-state index is 0.311. The Bertz CT molecular complexity index is 499. The predicted octanol–water partition coefficient (Wildman–Crippen LogP) is 3.23. The summed E-state index contributed by atoms with van der Waals surface area (Å²) in [6.45, 7) is 3.58. The summed E-state index contributed by atoms with van der Waals surface area (Å²) in [6.07, 6.45) is -0.344. The smallest absolute Gasteiger partial charge is 0.329 e. The van der Waals surface area contributed by atoms with Crippen molar-refractivity contribution in [1.82, 2.24) is 0 Å². The Morgan fingerprint density at radius 3 is 1.68 bits per heavy atom. The molecule has 2 aromatic rings. The van der Waals surface area contributed by atoms with E-state index >= 15 is 0 Å². The summed E-state index contributed by atoms with van der Waals surface area (Å²) in [5, 5.41) is 8.73. The van der Waals surface area contributed by atoms with Crippen LogP contribution in [0, 0.1) is 0 Å². The van der Waals surface area contributed by atoms with E-state index in [0.29, 0.717) is 6.04 Å². The molecule has 0 atom stereocenters. The molecule has 0 aliphatic heterocycles. The largest absolute Gasteiger partial charge is 0.480 e. The lowest BCUT2D eigenvalue weighted by Gasteiger charge is -2.17. The van der Waals surface area contributed by atoms with Gasteiger partial charge in [-0.1, -0.05) is 74.5 Å². The molecule has 0 aromatic heterocycles.